The molecule has 0 aliphatic carbocycles. The van der Waals surface area contributed by atoms with Gasteiger partial charge in [0.15, 0.2) is 0 Å². The highest BCUT2D eigenvalue weighted by atomic mass is 19.1. The molecule has 6 heteroatoms. The van der Waals surface area contributed by atoms with Gasteiger partial charge in [-0.25, -0.2) is 8.78 Å². The monoisotopic (exact) mass is 394 g/mol. The molecule has 0 heterocycles. The number of carbonyl (C=O) groups excluding carboxylic acids is 2. The Morgan fingerprint density at radius 3 is 1.69 bits per heavy atom. The van der Waals surface area contributed by atoms with Gasteiger partial charge < -0.3 is 10.6 Å². The summed E-state index contributed by atoms with van der Waals surface area (Å²) >= 11 is 0. The fourth-order valence-corrected chi connectivity index (χ4v) is 2.81. The molecule has 29 heavy (non-hydrogen) atoms. The van der Waals surface area contributed by atoms with Gasteiger partial charge in [0, 0.05) is 29.8 Å². The van der Waals surface area contributed by atoms with Crippen molar-refractivity contribution in [3.8, 4) is 0 Å². The smallest absolute Gasteiger partial charge is 0.251 e. The number of rotatable bonds is 7. The molecule has 0 saturated carbocycles. The van der Waals surface area contributed by atoms with Crippen LogP contribution in [0.1, 0.15) is 31.8 Å². The summed E-state index contributed by atoms with van der Waals surface area (Å²) in [4.78, 5) is 24.4. The number of halogens is 2. The van der Waals surface area contributed by atoms with E-state index in [1.165, 1.54) is 36.4 Å². The van der Waals surface area contributed by atoms with E-state index in [2.05, 4.69) is 10.6 Å². The number of amides is 2. The minimum atomic E-state index is -0.379. The van der Waals surface area contributed by atoms with Gasteiger partial charge in [0.25, 0.3) is 11.8 Å². The highest BCUT2D eigenvalue weighted by Gasteiger charge is 2.10. The molecule has 0 bridgehead atoms. The number of nitrogens with one attached hydrogen (secondary N) is 2. The van der Waals surface area contributed by atoms with Gasteiger partial charge in [0.1, 0.15) is 11.6 Å². The predicted octanol–water partition coefficient (Wildman–Crippen LogP) is 3.87. The van der Waals surface area contributed by atoms with Crippen LogP contribution in [0.3, 0.4) is 0 Å². The molecule has 0 saturated heterocycles. The van der Waals surface area contributed by atoms with Gasteiger partial charge in [-0.15, -0.1) is 0 Å². The maximum absolute atomic E-state index is 13.6. The molecule has 148 valence electrons. The van der Waals surface area contributed by atoms with E-state index in [-0.39, 0.29) is 30.0 Å². The SMILES string of the molecule is O=C(NCCc1ccccc1F)c1ccc(C(=O)NCc2ccccc2F)cc1. The zero-order valence-corrected chi connectivity index (χ0v) is 15.6. The van der Waals surface area contributed by atoms with E-state index in [1.54, 1.807) is 36.4 Å². The molecule has 4 nitrogen and oxygen atoms in total. The first kappa shape index (κ1) is 20.2. The largest absolute Gasteiger partial charge is 0.352 e. The summed E-state index contributed by atoms with van der Waals surface area (Å²) in [5.41, 5.74) is 1.69. The second-order valence-electron chi connectivity index (χ2n) is 6.45. The van der Waals surface area contributed by atoms with Crippen molar-refractivity contribution in [3.63, 3.8) is 0 Å². The van der Waals surface area contributed by atoms with Crippen LogP contribution in [0.2, 0.25) is 0 Å². The van der Waals surface area contributed by atoms with Gasteiger partial charge in [0.2, 0.25) is 0 Å². The quantitative estimate of drug-likeness (QED) is 0.639. The minimum Gasteiger partial charge on any atom is -0.352 e. The maximum atomic E-state index is 13.6. The Morgan fingerprint density at radius 1 is 0.655 bits per heavy atom. The Morgan fingerprint density at radius 2 is 1.14 bits per heavy atom. The number of benzene rings is 3. The molecular formula is C23H20F2N2O2. The lowest BCUT2D eigenvalue weighted by Crippen LogP contribution is -2.26. The Hall–Kier alpha value is -3.54. The lowest BCUT2D eigenvalue weighted by atomic mass is 10.1. The third kappa shape index (κ3) is 5.48. The van der Waals surface area contributed by atoms with Crippen LogP contribution in [-0.4, -0.2) is 18.4 Å². The number of hydrogen-bond donors (Lipinski definition) is 2. The highest BCUT2D eigenvalue weighted by molar-refractivity contribution is 5.97. The third-order valence-electron chi connectivity index (χ3n) is 4.44. The van der Waals surface area contributed by atoms with Gasteiger partial charge >= 0.3 is 0 Å². The van der Waals surface area contributed by atoms with Crippen LogP contribution in [0.15, 0.2) is 72.8 Å². The molecule has 3 aromatic carbocycles. The van der Waals surface area contributed by atoms with E-state index >= 15 is 0 Å². The molecule has 0 unspecified atom stereocenters. The molecular weight excluding hydrogens is 374 g/mol. The summed E-state index contributed by atoms with van der Waals surface area (Å²) in [7, 11) is 0. The van der Waals surface area contributed by atoms with Crippen LogP contribution in [0.25, 0.3) is 0 Å². The lowest BCUT2D eigenvalue weighted by molar-refractivity contribution is 0.0940. The van der Waals surface area contributed by atoms with E-state index in [9.17, 15) is 18.4 Å². The van der Waals surface area contributed by atoms with Crippen LogP contribution in [0, 0.1) is 11.6 Å². The normalized spacial score (nSPS) is 10.4. The summed E-state index contributed by atoms with van der Waals surface area (Å²) in [6.07, 6.45) is 0.384. The third-order valence-corrected chi connectivity index (χ3v) is 4.44. The van der Waals surface area contributed by atoms with Crippen LogP contribution in [0.5, 0.6) is 0 Å². The lowest BCUT2D eigenvalue weighted by Gasteiger charge is -2.08. The second-order valence-corrected chi connectivity index (χ2v) is 6.45. The molecule has 0 atom stereocenters. The van der Waals surface area contributed by atoms with E-state index in [0.29, 0.717) is 35.2 Å². The van der Waals surface area contributed by atoms with Crippen LogP contribution in [0.4, 0.5) is 8.78 Å². The van der Waals surface area contributed by atoms with Crippen molar-refractivity contribution in [1.82, 2.24) is 10.6 Å². The molecule has 2 N–H and O–H groups in total. The van der Waals surface area contributed by atoms with Crippen molar-refractivity contribution >= 4 is 11.8 Å². The minimum absolute atomic E-state index is 0.0732. The van der Waals surface area contributed by atoms with Crippen molar-refractivity contribution < 1.29 is 18.4 Å². The van der Waals surface area contributed by atoms with Crippen molar-refractivity contribution in [2.45, 2.75) is 13.0 Å². The summed E-state index contributed by atoms with van der Waals surface area (Å²) < 4.78 is 27.2. The summed E-state index contributed by atoms with van der Waals surface area (Å²) in [6, 6.07) is 18.8. The molecule has 3 rings (SSSR count). The number of carbonyl (C=O) groups is 2. The molecule has 3 aromatic rings. The van der Waals surface area contributed by atoms with Crippen LogP contribution in [-0.2, 0) is 13.0 Å². The van der Waals surface area contributed by atoms with E-state index in [4.69, 9.17) is 0 Å². The van der Waals surface area contributed by atoms with Crippen molar-refractivity contribution in [2.24, 2.45) is 0 Å². The maximum Gasteiger partial charge on any atom is 0.251 e. The molecule has 0 fully saturated rings. The van der Waals surface area contributed by atoms with Gasteiger partial charge in [-0.2, -0.15) is 0 Å². The van der Waals surface area contributed by atoms with Crippen LogP contribution >= 0.6 is 0 Å². The average molecular weight is 394 g/mol. The Kier molecular flexibility index (Phi) is 6.68. The molecule has 0 aliphatic rings. The highest BCUT2D eigenvalue weighted by Crippen LogP contribution is 2.09. The average Bonchev–Trinajstić information content (AvgIpc) is 2.74. The fraction of sp³-hybridized carbons (Fsp3) is 0.130. The zero-order valence-electron chi connectivity index (χ0n) is 15.6. The zero-order chi connectivity index (χ0) is 20.6. The number of hydrogen-bond acceptors (Lipinski definition) is 2. The Labute approximate surface area is 167 Å². The Balaban J connectivity index is 1.51. The van der Waals surface area contributed by atoms with E-state index < -0.39 is 0 Å². The topological polar surface area (TPSA) is 58.2 Å². The molecule has 0 radical (unpaired) electrons. The fourth-order valence-electron chi connectivity index (χ4n) is 2.81. The van der Waals surface area contributed by atoms with Gasteiger partial charge in [-0.1, -0.05) is 36.4 Å². The van der Waals surface area contributed by atoms with Gasteiger partial charge in [0.05, 0.1) is 0 Å². The molecule has 0 aromatic heterocycles. The van der Waals surface area contributed by atoms with Crippen molar-refractivity contribution in [2.75, 3.05) is 6.54 Å². The van der Waals surface area contributed by atoms with Gasteiger partial charge in [-0.3, -0.25) is 9.59 Å². The first-order valence-electron chi connectivity index (χ1n) is 9.18. The molecule has 2 amide bonds. The van der Waals surface area contributed by atoms with Gasteiger partial charge in [-0.05, 0) is 48.4 Å². The standard InChI is InChI=1S/C23H20F2N2O2/c24-20-7-3-1-5-16(20)13-14-26-22(28)17-9-11-18(12-10-17)23(29)27-15-19-6-2-4-8-21(19)25/h1-12H,13-15H2,(H,26,28)(H,27,29). The summed E-state index contributed by atoms with van der Waals surface area (Å²) in [5.74, 6) is -1.35. The molecule has 0 spiro atoms. The van der Waals surface area contributed by atoms with E-state index in [1.807, 2.05) is 0 Å². The Bertz CT molecular complexity index is 1000. The van der Waals surface area contributed by atoms with Crippen LogP contribution < -0.4 is 10.6 Å². The summed E-state index contributed by atoms with van der Waals surface area (Å²) in [5, 5.41) is 5.38. The first-order valence-corrected chi connectivity index (χ1v) is 9.18. The van der Waals surface area contributed by atoms with Crippen molar-refractivity contribution in [1.29, 1.82) is 0 Å². The molecule has 0 aliphatic heterocycles. The predicted molar refractivity (Wildman–Crippen MR) is 106 cm³/mol. The second kappa shape index (κ2) is 9.59. The van der Waals surface area contributed by atoms with E-state index in [0.717, 1.165) is 0 Å². The summed E-state index contributed by atoms with van der Waals surface area (Å²) in [6.45, 7) is 0.369. The van der Waals surface area contributed by atoms with Crippen molar-refractivity contribution in [3.05, 3.63) is 107 Å². The first-order chi connectivity index (χ1) is 14.0.